The molecule has 0 aromatic carbocycles. The quantitative estimate of drug-likeness (QED) is 0.495. The zero-order chi connectivity index (χ0) is 20.3. The molecule has 2 atom stereocenters. The molecule has 149 valence electrons. The van der Waals surface area contributed by atoms with Crippen LogP contribution in [0.4, 0.5) is 0 Å². The van der Waals surface area contributed by atoms with Crippen LogP contribution in [-0.4, -0.2) is 61.6 Å². The van der Waals surface area contributed by atoms with Gasteiger partial charge in [-0.25, -0.2) is 0 Å². The molecule has 2 N–H and O–H groups in total. The van der Waals surface area contributed by atoms with Gasteiger partial charge in [0.25, 0.3) is 0 Å². The van der Waals surface area contributed by atoms with Gasteiger partial charge in [0.15, 0.2) is 25.0 Å². The van der Waals surface area contributed by atoms with E-state index in [-0.39, 0.29) is 6.42 Å². The predicted octanol–water partition coefficient (Wildman–Crippen LogP) is 3.02. The summed E-state index contributed by atoms with van der Waals surface area (Å²) in [4.78, 5) is 12.0. The molecule has 25 heavy (non-hydrogen) atoms. The van der Waals surface area contributed by atoms with Crippen molar-refractivity contribution in [2.75, 3.05) is 0 Å². The second kappa shape index (κ2) is 8.57. The summed E-state index contributed by atoms with van der Waals surface area (Å²) in [6.45, 7) is 19.4. The van der Waals surface area contributed by atoms with Gasteiger partial charge in [-0.2, -0.15) is 0 Å². The fourth-order valence-corrected chi connectivity index (χ4v) is 16.2. The Morgan fingerprint density at radius 2 is 1.20 bits per heavy atom. The maximum absolute atomic E-state index is 12.0. The first-order valence-electron chi connectivity index (χ1n) is 8.81. The largest absolute Gasteiger partial charge is 0.514 e. The molecule has 1 radical (unpaired) electrons. The molecule has 0 aromatic rings. The number of hydrogen-bond donors (Lipinski definition) is 2. The lowest BCUT2D eigenvalue weighted by molar-refractivity contribution is -0.0204. The SMILES string of the molecule is CCCC(O)C(O)([C]=O)[Si](O[Si](C)(C)C)(O[Si](C)(C)C)O[Si](C)(C)C. The molecular formula is C15H37O6Si4. The lowest BCUT2D eigenvalue weighted by atomic mass is 10.1. The van der Waals surface area contributed by atoms with Crippen LogP contribution in [0.2, 0.25) is 58.9 Å². The third kappa shape index (κ3) is 7.85. The van der Waals surface area contributed by atoms with Gasteiger partial charge in [0.05, 0.1) is 6.10 Å². The van der Waals surface area contributed by atoms with Crippen molar-refractivity contribution >= 4 is 40.0 Å². The minimum Gasteiger partial charge on any atom is -0.415 e. The summed E-state index contributed by atoms with van der Waals surface area (Å²) in [7, 11) is -10.8. The predicted molar refractivity (Wildman–Crippen MR) is 111 cm³/mol. The molecule has 0 fully saturated rings. The van der Waals surface area contributed by atoms with Gasteiger partial charge < -0.3 is 22.6 Å². The van der Waals surface area contributed by atoms with Gasteiger partial charge in [0, 0.05) is 0 Å². The number of aliphatic hydroxyl groups is 2. The highest BCUT2D eigenvalue weighted by atomic mass is 28.5. The summed E-state index contributed by atoms with van der Waals surface area (Å²) in [6.07, 6.45) is 1.17. The Bertz CT molecular complexity index is 400. The second-order valence-electron chi connectivity index (χ2n) is 9.37. The van der Waals surface area contributed by atoms with Crippen molar-refractivity contribution < 1.29 is 27.4 Å². The monoisotopic (exact) mass is 425 g/mol. The van der Waals surface area contributed by atoms with Gasteiger partial charge in [-0.05, 0) is 65.3 Å². The van der Waals surface area contributed by atoms with Crippen molar-refractivity contribution in [3.8, 4) is 0 Å². The molecule has 10 heteroatoms. The summed E-state index contributed by atoms with van der Waals surface area (Å²) in [6, 6.07) is 0. The van der Waals surface area contributed by atoms with Crippen LogP contribution < -0.4 is 0 Å². The van der Waals surface area contributed by atoms with Gasteiger partial charge in [-0.3, -0.25) is 4.79 Å². The first-order valence-corrected chi connectivity index (χ1v) is 20.8. The third-order valence-electron chi connectivity index (χ3n) is 2.99. The van der Waals surface area contributed by atoms with Gasteiger partial charge in [0.2, 0.25) is 11.5 Å². The molecule has 0 heterocycles. The van der Waals surface area contributed by atoms with Crippen molar-refractivity contribution in [2.24, 2.45) is 0 Å². The van der Waals surface area contributed by atoms with E-state index in [1.807, 2.05) is 65.8 Å². The molecular weight excluding hydrogens is 389 g/mol. The number of hydrogen-bond acceptors (Lipinski definition) is 6. The Morgan fingerprint density at radius 1 is 0.880 bits per heavy atom. The zero-order valence-electron chi connectivity index (χ0n) is 17.5. The van der Waals surface area contributed by atoms with Gasteiger partial charge in [-0.15, -0.1) is 0 Å². The first-order chi connectivity index (χ1) is 10.9. The third-order valence-corrected chi connectivity index (χ3v) is 14.9. The van der Waals surface area contributed by atoms with E-state index in [4.69, 9.17) is 12.3 Å². The molecule has 0 aromatic heterocycles. The molecule has 0 aliphatic carbocycles. The summed E-state index contributed by atoms with van der Waals surface area (Å²) >= 11 is 0. The topological polar surface area (TPSA) is 85.2 Å². The molecule has 0 spiro atoms. The average molecular weight is 426 g/mol. The highest BCUT2D eigenvalue weighted by molar-refractivity contribution is 6.92. The van der Waals surface area contributed by atoms with Crippen molar-refractivity contribution in [3.63, 3.8) is 0 Å². The maximum Gasteiger partial charge on any atom is 0.514 e. The van der Waals surface area contributed by atoms with Crippen LogP contribution in [0.1, 0.15) is 19.8 Å². The van der Waals surface area contributed by atoms with Gasteiger partial charge in [0.1, 0.15) is 0 Å². The lowest BCUT2D eigenvalue weighted by Gasteiger charge is -2.49. The van der Waals surface area contributed by atoms with Gasteiger partial charge >= 0.3 is 8.80 Å². The summed E-state index contributed by atoms with van der Waals surface area (Å²) in [5, 5.41) is 19.6. The van der Waals surface area contributed by atoms with E-state index in [0.29, 0.717) is 6.42 Å². The normalized spacial score (nSPS) is 17.9. The van der Waals surface area contributed by atoms with Crippen LogP contribution in [0.15, 0.2) is 0 Å². The summed E-state index contributed by atoms with van der Waals surface area (Å²) in [5.41, 5.74) is 0. The molecule has 0 bridgehead atoms. The molecule has 6 nitrogen and oxygen atoms in total. The van der Waals surface area contributed by atoms with Gasteiger partial charge in [-0.1, -0.05) is 13.3 Å². The molecule has 0 rings (SSSR count). The number of aliphatic hydroxyl groups excluding tert-OH is 1. The van der Waals surface area contributed by atoms with Crippen LogP contribution in [0.3, 0.4) is 0 Å². The molecule has 0 saturated heterocycles. The Morgan fingerprint density at radius 3 is 1.40 bits per heavy atom. The van der Waals surface area contributed by atoms with Crippen LogP contribution in [0.25, 0.3) is 0 Å². The van der Waals surface area contributed by atoms with Crippen molar-refractivity contribution in [1.29, 1.82) is 0 Å². The Labute approximate surface area is 157 Å². The van der Waals surface area contributed by atoms with Crippen molar-refractivity contribution in [3.05, 3.63) is 0 Å². The molecule has 0 amide bonds. The molecule has 0 aliphatic heterocycles. The fourth-order valence-electron chi connectivity index (χ4n) is 2.32. The van der Waals surface area contributed by atoms with Crippen LogP contribution in [0.5, 0.6) is 0 Å². The summed E-state index contributed by atoms with van der Waals surface area (Å²) in [5.74, 6) is 0. The van der Waals surface area contributed by atoms with Crippen molar-refractivity contribution in [2.45, 2.75) is 90.0 Å². The Balaban J connectivity index is 6.50. The minimum atomic E-state index is -3.99. The molecule has 2 unspecified atom stereocenters. The Kier molecular flexibility index (Phi) is 8.68. The molecule has 0 aliphatic rings. The molecule has 0 saturated carbocycles. The maximum atomic E-state index is 12.0. The van der Waals surface area contributed by atoms with E-state index in [1.54, 1.807) is 6.29 Å². The van der Waals surface area contributed by atoms with Crippen LogP contribution in [-0.2, 0) is 17.1 Å². The zero-order valence-corrected chi connectivity index (χ0v) is 21.5. The minimum absolute atomic E-state index is 0.236. The standard InChI is InChI=1S/C15H37O6Si4/c1-11-12-14(17)15(18,13-16)25(19-22(2,3)4,20-23(5,6)7)21-24(8,9)10/h14,17-18H,11-12H2,1-10H3. The lowest BCUT2D eigenvalue weighted by Crippen LogP contribution is -2.76. The first kappa shape index (κ1) is 25.3. The van der Waals surface area contributed by atoms with Crippen molar-refractivity contribution in [1.82, 2.24) is 0 Å². The van der Waals surface area contributed by atoms with E-state index in [9.17, 15) is 15.0 Å². The van der Waals surface area contributed by atoms with Crippen LogP contribution >= 0.6 is 0 Å². The van der Waals surface area contributed by atoms with Crippen LogP contribution in [0, 0.1) is 0 Å². The second-order valence-corrected chi connectivity index (χ2v) is 26.4. The average Bonchev–Trinajstić information content (AvgIpc) is 2.31. The Hall–Kier alpha value is 0.338. The van der Waals surface area contributed by atoms with E-state index >= 15 is 0 Å². The number of carbonyl (C=O) groups excluding carboxylic acids is 1. The number of rotatable bonds is 11. The van der Waals surface area contributed by atoms with E-state index in [0.717, 1.165) is 0 Å². The fraction of sp³-hybridized carbons (Fsp3) is 0.933. The van der Waals surface area contributed by atoms with E-state index in [1.165, 1.54) is 0 Å². The van der Waals surface area contributed by atoms with E-state index < -0.39 is 45.1 Å². The highest BCUT2D eigenvalue weighted by Gasteiger charge is 2.68. The van der Waals surface area contributed by atoms with E-state index in [2.05, 4.69) is 0 Å². The summed E-state index contributed by atoms with van der Waals surface area (Å²) < 4.78 is 19.0. The highest BCUT2D eigenvalue weighted by Crippen LogP contribution is 2.36. The smallest absolute Gasteiger partial charge is 0.415 e.